The summed E-state index contributed by atoms with van der Waals surface area (Å²) in [6.07, 6.45) is -4.26. The highest BCUT2D eigenvalue weighted by molar-refractivity contribution is 5.73. The third-order valence-electron chi connectivity index (χ3n) is 4.06. The van der Waals surface area contributed by atoms with Crippen LogP contribution in [0.1, 0.15) is 26.3 Å². The Bertz CT molecular complexity index is 680. The highest BCUT2D eigenvalue weighted by atomic mass is 16.7. The van der Waals surface area contributed by atoms with Gasteiger partial charge in [-0.1, -0.05) is 30.3 Å². The van der Waals surface area contributed by atoms with Crippen LogP contribution in [0.4, 0.5) is 0 Å². The number of amides is 1. The van der Waals surface area contributed by atoms with Crippen LogP contribution in [0.15, 0.2) is 30.3 Å². The van der Waals surface area contributed by atoms with Crippen molar-refractivity contribution >= 4 is 17.8 Å². The van der Waals surface area contributed by atoms with Gasteiger partial charge in [0, 0.05) is 20.8 Å². The average Bonchev–Trinajstić information content (AvgIpc) is 2.63. The first-order valence-electron chi connectivity index (χ1n) is 8.85. The molecule has 0 saturated carbocycles. The zero-order valence-electron chi connectivity index (χ0n) is 16.0. The summed E-state index contributed by atoms with van der Waals surface area (Å²) in [7, 11) is 0. The monoisotopic (exact) mass is 395 g/mol. The maximum absolute atomic E-state index is 11.7. The van der Waals surface area contributed by atoms with Crippen LogP contribution in [0, 0.1) is 0 Å². The van der Waals surface area contributed by atoms with Crippen molar-refractivity contribution in [1.29, 1.82) is 0 Å². The highest BCUT2D eigenvalue weighted by Crippen LogP contribution is 2.28. The second-order valence-corrected chi connectivity index (χ2v) is 6.40. The summed E-state index contributed by atoms with van der Waals surface area (Å²) < 4.78 is 22.1. The number of carbonyl (C=O) groups excluding carboxylic acids is 3. The molecule has 28 heavy (non-hydrogen) atoms. The molecule has 1 amide bonds. The lowest BCUT2D eigenvalue weighted by Gasteiger charge is -2.44. The Kier molecular flexibility index (Phi) is 7.91. The normalized spacial score (nSPS) is 26.9. The molecule has 0 aromatic heterocycles. The Labute approximate surface area is 162 Å². The molecule has 0 bridgehead atoms. The van der Waals surface area contributed by atoms with E-state index in [-0.39, 0.29) is 6.61 Å². The van der Waals surface area contributed by atoms with E-state index in [0.29, 0.717) is 0 Å². The molecule has 2 rings (SSSR count). The van der Waals surface area contributed by atoms with Gasteiger partial charge in [0.25, 0.3) is 0 Å². The number of ether oxygens (including phenoxy) is 4. The van der Waals surface area contributed by atoms with Gasteiger partial charge in [-0.05, 0) is 5.56 Å². The number of hydrogen-bond donors (Lipinski definition) is 2. The van der Waals surface area contributed by atoms with Gasteiger partial charge >= 0.3 is 11.9 Å². The second-order valence-electron chi connectivity index (χ2n) is 6.40. The zero-order valence-corrected chi connectivity index (χ0v) is 16.0. The number of hydrogen-bond acceptors (Lipinski definition) is 8. The van der Waals surface area contributed by atoms with E-state index in [1.165, 1.54) is 20.8 Å². The summed E-state index contributed by atoms with van der Waals surface area (Å²) in [5, 5.41) is 12.3. The molecule has 154 valence electrons. The third-order valence-corrected chi connectivity index (χ3v) is 4.06. The van der Waals surface area contributed by atoms with Gasteiger partial charge in [-0.25, -0.2) is 0 Å². The molecule has 1 aliphatic rings. The van der Waals surface area contributed by atoms with E-state index in [9.17, 15) is 19.5 Å². The highest BCUT2D eigenvalue weighted by Gasteiger charge is 2.50. The number of aliphatic hydroxyl groups excluding tert-OH is 1. The molecule has 0 spiro atoms. The quantitative estimate of drug-likeness (QED) is 0.632. The Hall–Kier alpha value is -2.49. The summed E-state index contributed by atoms with van der Waals surface area (Å²) in [6.45, 7) is 3.32. The lowest BCUT2D eigenvalue weighted by molar-refractivity contribution is -0.279. The van der Waals surface area contributed by atoms with Crippen LogP contribution < -0.4 is 5.32 Å². The molecule has 9 heteroatoms. The molecular weight excluding hydrogens is 370 g/mol. The van der Waals surface area contributed by atoms with Gasteiger partial charge in [0.15, 0.2) is 18.5 Å². The molecule has 0 aliphatic carbocycles. The molecule has 5 atom stereocenters. The molecule has 1 aromatic carbocycles. The van der Waals surface area contributed by atoms with Crippen molar-refractivity contribution in [3.8, 4) is 0 Å². The zero-order chi connectivity index (χ0) is 20.7. The molecule has 1 fully saturated rings. The summed E-state index contributed by atoms with van der Waals surface area (Å²) in [5.41, 5.74) is 0.861. The molecule has 0 radical (unpaired) electrons. The van der Waals surface area contributed by atoms with Gasteiger partial charge in [-0.15, -0.1) is 0 Å². The van der Waals surface area contributed by atoms with Crippen LogP contribution in [-0.2, 0) is 39.9 Å². The van der Waals surface area contributed by atoms with Gasteiger partial charge in [-0.2, -0.15) is 0 Å². The topological polar surface area (TPSA) is 120 Å². The largest absolute Gasteiger partial charge is 0.456 e. The lowest BCUT2D eigenvalue weighted by Crippen LogP contribution is -2.66. The Balaban J connectivity index is 2.29. The minimum Gasteiger partial charge on any atom is -0.456 e. The molecule has 1 aromatic rings. The van der Waals surface area contributed by atoms with E-state index >= 15 is 0 Å². The standard InChI is InChI=1S/C19H25NO8/c1-11(22)20-16-18(27-13(3)24)17(26-12(2)23)15(9-21)28-19(16)25-10-14-7-5-4-6-8-14/h4-8,15-19,21H,9-10H2,1-3H3,(H,20,22)/t15?,16-,17-,18+,19-/m0/s1. The fourth-order valence-corrected chi connectivity index (χ4v) is 3.00. The molecule has 1 unspecified atom stereocenters. The van der Waals surface area contributed by atoms with E-state index in [2.05, 4.69) is 5.32 Å². The van der Waals surface area contributed by atoms with Crippen LogP contribution in [0.25, 0.3) is 0 Å². The molecule has 1 heterocycles. The smallest absolute Gasteiger partial charge is 0.303 e. The summed E-state index contributed by atoms with van der Waals surface area (Å²) in [5.74, 6) is -1.70. The Morgan fingerprint density at radius 2 is 1.64 bits per heavy atom. The van der Waals surface area contributed by atoms with Gasteiger partial charge in [0.1, 0.15) is 12.1 Å². The third kappa shape index (κ3) is 6.01. The number of aliphatic hydroxyl groups is 1. The van der Waals surface area contributed by atoms with E-state index in [0.717, 1.165) is 5.56 Å². The molecule has 1 aliphatic heterocycles. The van der Waals surface area contributed by atoms with E-state index in [1.807, 2.05) is 30.3 Å². The van der Waals surface area contributed by atoms with Gasteiger partial charge < -0.3 is 29.4 Å². The van der Waals surface area contributed by atoms with Crippen LogP contribution in [0.3, 0.4) is 0 Å². The summed E-state index contributed by atoms with van der Waals surface area (Å²) in [4.78, 5) is 34.9. The Morgan fingerprint density at radius 3 is 2.18 bits per heavy atom. The average molecular weight is 395 g/mol. The number of carbonyl (C=O) groups is 3. The number of esters is 2. The molecule has 1 saturated heterocycles. The van der Waals surface area contributed by atoms with Crippen LogP contribution in [0.2, 0.25) is 0 Å². The van der Waals surface area contributed by atoms with Crippen molar-refractivity contribution in [2.75, 3.05) is 6.61 Å². The predicted molar refractivity (Wildman–Crippen MR) is 95.7 cm³/mol. The fourth-order valence-electron chi connectivity index (χ4n) is 3.00. The van der Waals surface area contributed by atoms with E-state index in [1.54, 1.807) is 0 Å². The van der Waals surface area contributed by atoms with Crippen LogP contribution >= 0.6 is 0 Å². The van der Waals surface area contributed by atoms with Crippen LogP contribution in [0.5, 0.6) is 0 Å². The van der Waals surface area contributed by atoms with Crippen molar-refractivity contribution in [2.45, 2.75) is 58.0 Å². The number of benzene rings is 1. The minimum absolute atomic E-state index is 0.158. The van der Waals surface area contributed by atoms with Crippen molar-refractivity contribution in [2.24, 2.45) is 0 Å². The number of nitrogens with one attached hydrogen (secondary N) is 1. The molecule has 2 N–H and O–H groups in total. The first kappa shape index (κ1) is 21.8. The SMILES string of the molecule is CC(=O)N[C@@H]1[C@@H](OCc2ccccc2)OC(CO)[C@H](OC(C)=O)[C@@H]1OC(C)=O. The maximum Gasteiger partial charge on any atom is 0.303 e. The van der Waals surface area contributed by atoms with E-state index in [4.69, 9.17) is 18.9 Å². The van der Waals surface area contributed by atoms with Gasteiger partial charge in [0.05, 0.1) is 13.2 Å². The van der Waals surface area contributed by atoms with Crippen molar-refractivity contribution < 1.29 is 38.4 Å². The predicted octanol–water partition coefficient (Wildman–Crippen LogP) is 0.288. The first-order valence-corrected chi connectivity index (χ1v) is 8.85. The fraction of sp³-hybridized carbons (Fsp3) is 0.526. The van der Waals surface area contributed by atoms with Crippen molar-refractivity contribution in [1.82, 2.24) is 5.32 Å². The lowest BCUT2D eigenvalue weighted by atomic mass is 9.96. The second kappa shape index (κ2) is 10.2. The van der Waals surface area contributed by atoms with Gasteiger partial charge in [-0.3, -0.25) is 14.4 Å². The first-order chi connectivity index (χ1) is 13.3. The minimum atomic E-state index is -1.11. The Morgan fingerprint density at radius 1 is 1.04 bits per heavy atom. The van der Waals surface area contributed by atoms with E-state index < -0.39 is 55.1 Å². The molecular formula is C19H25NO8. The van der Waals surface area contributed by atoms with Gasteiger partial charge in [0.2, 0.25) is 5.91 Å². The maximum atomic E-state index is 11.7. The molecule has 9 nitrogen and oxygen atoms in total. The van der Waals surface area contributed by atoms with Crippen molar-refractivity contribution in [3.05, 3.63) is 35.9 Å². The number of rotatable bonds is 7. The summed E-state index contributed by atoms with van der Waals surface area (Å²) in [6, 6.07) is 8.32. The van der Waals surface area contributed by atoms with Crippen molar-refractivity contribution in [3.63, 3.8) is 0 Å². The summed E-state index contributed by atoms with van der Waals surface area (Å²) >= 11 is 0. The van der Waals surface area contributed by atoms with Crippen LogP contribution in [-0.4, -0.2) is 60.2 Å².